The molecule has 2 fully saturated rings. The van der Waals surface area contributed by atoms with Gasteiger partial charge in [0.15, 0.2) is 5.79 Å². The number of imidazole rings is 1. The zero-order valence-electron chi connectivity index (χ0n) is 14.9. The van der Waals surface area contributed by atoms with Crippen LogP contribution >= 0.6 is 0 Å². The number of rotatable bonds is 1. The van der Waals surface area contributed by atoms with Crippen LogP contribution in [0.5, 0.6) is 0 Å². The van der Waals surface area contributed by atoms with Gasteiger partial charge in [-0.25, -0.2) is 4.98 Å². The third-order valence-corrected chi connectivity index (χ3v) is 6.91. The van der Waals surface area contributed by atoms with Crippen molar-refractivity contribution in [1.29, 1.82) is 0 Å². The fraction of sp³-hybridized carbons (Fsp3) is 0.600. The Hall–Kier alpha value is -1.72. The molecule has 1 spiro atoms. The van der Waals surface area contributed by atoms with Gasteiger partial charge < -0.3 is 14.0 Å². The van der Waals surface area contributed by atoms with Crippen LogP contribution in [-0.2, 0) is 21.3 Å². The first kappa shape index (κ1) is 15.5. The maximum Gasteiger partial charge on any atom is 0.171 e. The van der Waals surface area contributed by atoms with Crippen molar-refractivity contribution in [3.8, 4) is 5.69 Å². The minimum Gasteiger partial charge on any atom is -0.347 e. The average molecular weight is 339 g/mol. The number of aromatic nitrogens is 3. The zero-order valence-corrected chi connectivity index (χ0v) is 14.9. The monoisotopic (exact) mass is 339 g/mol. The van der Waals surface area contributed by atoms with Gasteiger partial charge in [-0.05, 0) is 37.3 Å². The summed E-state index contributed by atoms with van der Waals surface area (Å²) < 4.78 is 14.4. The molecule has 0 N–H and O–H groups in total. The average Bonchev–Trinajstić information content (AvgIpc) is 3.28. The van der Waals surface area contributed by atoms with E-state index in [9.17, 15) is 0 Å². The summed E-state index contributed by atoms with van der Waals surface area (Å²) >= 11 is 0. The molecule has 3 heterocycles. The lowest BCUT2D eigenvalue weighted by Gasteiger charge is -2.53. The van der Waals surface area contributed by atoms with Gasteiger partial charge in [-0.15, -0.1) is 0 Å². The van der Waals surface area contributed by atoms with E-state index in [-0.39, 0.29) is 11.2 Å². The van der Waals surface area contributed by atoms with Crippen molar-refractivity contribution in [2.45, 2.75) is 50.7 Å². The molecule has 5 rings (SSSR count). The summed E-state index contributed by atoms with van der Waals surface area (Å²) in [4.78, 5) is 9.16. The fourth-order valence-corrected chi connectivity index (χ4v) is 5.55. The Bertz CT molecular complexity index is 781. The number of hydrogen-bond donors (Lipinski definition) is 0. The van der Waals surface area contributed by atoms with Crippen molar-refractivity contribution in [1.82, 2.24) is 14.5 Å². The number of pyridine rings is 1. The van der Waals surface area contributed by atoms with E-state index in [1.165, 1.54) is 11.4 Å². The van der Waals surface area contributed by atoms with Crippen LogP contribution in [0, 0.1) is 11.8 Å². The number of fused-ring (bicyclic) bond motifs is 3. The van der Waals surface area contributed by atoms with E-state index in [0.29, 0.717) is 11.8 Å². The SMILES string of the molecule is C[C@@H]1[C@H]2CCc3c(ncn3-c3cccnc3)[C@]2(C)CCC12OCCO2. The summed E-state index contributed by atoms with van der Waals surface area (Å²) in [6, 6.07) is 4.08. The summed E-state index contributed by atoms with van der Waals surface area (Å²) in [6.45, 7) is 6.17. The summed E-state index contributed by atoms with van der Waals surface area (Å²) in [5.41, 5.74) is 3.82. The number of hydrogen-bond acceptors (Lipinski definition) is 4. The lowest BCUT2D eigenvalue weighted by atomic mass is 9.55. The van der Waals surface area contributed by atoms with Gasteiger partial charge in [0.2, 0.25) is 0 Å². The molecule has 132 valence electrons. The molecule has 1 saturated carbocycles. The molecule has 25 heavy (non-hydrogen) atoms. The van der Waals surface area contributed by atoms with Crippen molar-refractivity contribution < 1.29 is 9.47 Å². The van der Waals surface area contributed by atoms with Gasteiger partial charge in [0.05, 0.1) is 37.1 Å². The Kier molecular flexibility index (Phi) is 3.35. The zero-order chi connectivity index (χ0) is 17.1. The number of ether oxygens (including phenoxy) is 2. The lowest BCUT2D eigenvalue weighted by Crippen LogP contribution is -2.55. The first-order valence-electron chi connectivity index (χ1n) is 9.39. The molecular formula is C20H25N3O2. The molecule has 2 aromatic heterocycles. The van der Waals surface area contributed by atoms with Gasteiger partial charge in [-0.3, -0.25) is 4.98 Å². The van der Waals surface area contributed by atoms with Crippen LogP contribution in [0.3, 0.4) is 0 Å². The van der Waals surface area contributed by atoms with Crippen LogP contribution in [0.2, 0.25) is 0 Å². The second-order valence-corrected chi connectivity index (χ2v) is 7.98. The molecule has 0 aromatic carbocycles. The minimum absolute atomic E-state index is 0.0982. The van der Waals surface area contributed by atoms with Crippen LogP contribution in [-0.4, -0.2) is 33.5 Å². The Morgan fingerprint density at radius 2 is 2.08 bits per heavy atom. The lowest BCUT2D eigenvalue weighted by molar-refractivity contribution is -0.234. The van der Waals surface area contributed by atoms with Crippen LogP contribution < -0.4 is 0 Å². The third kappa shape index (κ3) is 2.09. The smallest absolute Gasteiger partial charge is 0.171 e. The van der Waals surface area contributed by atoms with E-state index in [0.717, 1.165) is 44.6 Å². The first-order chi connectivity index (χ1) is 12.1. The summed E-state index contributed by atoms with van der Waals surface area (Å²) in [5, 5.41) is 0. The molecule has 0 amide bonds. The molecule has 3 aliphatic rings. The largest absolute Gasteiger partial charge is 0.347 e. The highest BCUT2D eigenvalue weighted by Gasteiger charge is 2.57. The Morgan fingerprint density at radius 1 is 1.24 bits per heavy atom. The third-order valence-electron chi connectivity index (χ3n) is 6.91. The summed E-state index contributed by atoms with van der Waals surface area (Å²) in [5.74, 6) is 0.586. The molecule has 3 atom stereocenters. The maximum absolute atomic E-state index is 6.09. The predicted molar refractivity (Wildman–Crippen MR) is 93.6 cm³/mol. The van der Waals surface area contributed by atoms with Crippen LogP contribution in [0.4, 0.5) is 0 Å². The van der Waals surface area contributed by atoms with E-state index in [2.05, 4.69) is 29.5 Å². The second kappa shape index (κ2) is 5.39. The number of nitrogens with zero attached hydrogens (tertiary/aromatic N) is 3. The maximum atomic E-state index is 6.09. The van der Waals surface area contributed by atoms with Crippen LogP contribution in [0.1, 0.15) is 44.5 Å². The van der Waals surface area contributed by atoms with Crippen LogP contribution in [0.15, 0.2) is 30.9 Å². The molecule has 5 nitrogen and oxygen atoms in total. The predicted octanol–water partition coefficient (Wildman–Crippen LogP) is 3.26. The Morgan fingerprint density at radius 3 is 2.84 bits per heavy atom. The van der Waals surface area contributed by atoms with Gasteiger partial charge >= 0.3 is 0 Å². The Labute approximate surface area is 148 Å². The molecule has 0 unspecified atom stereocenters. The van der Waals surface area contributed by atoms with E-state index < -0.39 is 0 Å². The van der Waals surface area contributed by atoms with Gasteiger partial charge in [0, 0.05) is 29.6 Å². The second-order valence-electron chi connectivity index (χ2n) is 7.98. The summed E-state index contributed by atoms with van der Waals surface area (Å²) in [7, 11) is 0. The van der Waals surface area contributed by atoms with E-state index in [1.54, 1.807) is 0 Å². The van der Waals surface area contributed by atoms with Crippen molar-refractivity contribution in [2.75, 3.05) is 13.2 Å². The van der Waals surface area contributed by atoms with Crippen molar-refractivity contribution >= 4 is 0 Å². The molecule has 1 aliphatic heterocycles. The Balaban J connectivity index is 1.55. The molecular weight excluding hydrogens is 314 g/mol. The molecule has 2 aromatic rings. The van der Waals surface area contributed by atoms with E-state index in [4.69, 9.17) is 14.5 Å². The van der Waals surface area contributed by atoms with Gasteiger partial charge in [0.25, 0.3) is 0 Å². The topological polar surface area (TPSA) is 49.2 Å². The highest BCUT2D eigenvalue weighted by atomic mass is 16.7. The van der Waals surface area contributed by atoms with Gasteiger partial charge in [0.1, 0.15) is 0 Å². The standard InChI is InChI=1S/C20H25N3O2/c1-14-16-5-6-17-18(22-13-23(17)15-4-3-9-21-12-15)19(16,2)7-8-20(14)24-10-11-25-20/h3-4,9,12-14,16H,5-8,10-11H2,1-2H3/t14-,16-,19-/m1/s1. The van der Waals surface area contributed by atoms with E-state index in [1.807, 2.05) is 24.8 Å². The molecule has 0 radical (unpaired) electrons. The quantitative estimate of drug-likeness (QED) is 0.800. The van der Waals surface area contributed by atoms with E-state index >= 15 is 0 Å². The van der Waals surface area contributed by atoms with Crippen LogP contribution in [0.25, 0.3) is 5.69 Å². The van der Waals surface area contributed by atoms with Crippen molar-refractivity contribution in [3.63, 3.8) is 0 Å². The fourth-order valence-electron chi connectivity index (χ4n) is 5.55. The highest BCUT2D eigenvalue weighted by molar-refractivity contribution is 5.38. The molecule has 0 bridgehead atoms. The van der Waals surface area contributed by atoms with Gasteiger partial charge in [-0.1, -0.05) is 13.8 Å². The molecule has 2 aliphatic carbocycles. The van der Waals surface area contributed by atoms with Crippen molar-refractivity contribution in [3.05, 3.63) is 42.2 Å². The highest BCUT2D eigenvalue weighted by Crippen LogP contribution is 2.56. The first-order valence-corrected chi connectivity index (χ1v) is 9.39. The normalized spacial score (nSPS) is 33.2. The minimum atomic E-state index is -0.354. The van der Waals surface area contributed by atoms with Gasteiger partial charge in [-0.2, -0.15) is 0 Å². The van der Waals surface area contributed by atoms with Crippen molar-refractivity contribution in [2.24, 2.45) is 11.8 Å². The summed E-state index contributed by atoms with van der Waals surface area (Å²) in [6.07, 6.45) is 9.94. The molecule has 1 saturated heterocycles. The molecule has 5 heteroatoms.